The van der Waals surface area contributed by atoms with Gasteiger partial charge in [0.1, 0.15) is 11.5 Å². The summed E-state index contributed by atoms with van der Waals surface area (Å²) >= 11 is 1.53. The fourth-order valence-corrected chi connectivity index (χ4v) is 4.08. The molecule has 0 saturated heterocycles. The van der Waals surface area contributed by atoms with Gasteiger partial charge in [-0.3, -0.25) is 4.99 Å². The van der Waals surface area contributed by atoms with Crippen LogP contribution in [0.2, 0.25) is 0 Å². The van der Waals surface area contributed by atoms with Crippen molar-refractivity contribution in [2.75, 3.05) is 0 Å². The third-order valence-corrected chi connectivity index (χ3v) is 5.28. The van der Waals surface area contributed by atoms with E-state index in [9.17, 15) is 10.2 Å². The summed E-state index contributed by atoms with van der Waals surface area (Å²) in [7, 11) is 0. The van der Waals surface area contributed by atoms with Gasteiger partial charge in [-0.15, -0.1) is 11.3 Å². The van der Waals surface area contributed by atoms with Gasteiger partial charge in [0, 0.05) is 28.6 Å². The molecule has 0 saturated carbocycles. The Hall–Kier alpha value is -3.38. The van der Waals surface area contributed by atoms with E-state index in [1.165, 1.54) is 23.5 Å². The summed E-state index contributed by atoms with van der Waals surface area (Å²) in [4.78, 5) is 5.48. The number of hydrogen-bond donors (Lipinski definition) is 2. The summed E-state index contributed by atoms with van der Waals surface area (Å²) in [5.41, 5.74) is 2.51. The SMILES string of the molecule is CC(C)N=c1scc(-c2cccc3ccccc23)n1N=Cc1ccc(O)cc1O. The maximum atomic E-state index is 10.1. The predicted octanol–water partition coefficient (Wildman–Crippen LogP) is 4.97. The van der Waals surface area contributed by atoms with Crippen LogP contribution in [-0.4, -0.2) is 27.1 Å². The van der Waals surface area contributed by atoms with Crippen LogP contribution in [0.15, 0.2) is 76.1 Å². The zero-order valence-corrected chi connectivity index (χ0v) is 17.0. The molecule has 1 heterocycles. The lowest BCUT2D eigenvalue weighted by Crippen LogP contribution is -2.14. The first-order valence-electron chi connectivity index (χ1n) is 9.32. The highest BCUT2D eigenvalue weighted by atomic mass is 32.1. The highest BCUT2D eigenvalue weighted by molar-refractivity contribution is 7.07. The molecule has 3 aromatic carbocycles. The Morgan fingerprint density at radius 3 is 2.59 bits per heavy atom. The molecule has 6 heteroatoms. The number of rotatable bonds is 4. The number of phenols is 2. The zero-order valence-electron chi connectivity index (χ0n) is 16.1. The Balaban J connectivity index is 1.90. The Morgan fingerprint density at radius 1 is 1.00 bits per heavy atom. The van der Waals surface area contributed by atoms with Crippen LogP contribution in [0.1, 0.15) is 19.4 Å². The standard InChI is InChI=1S/C23H21N3O2S/c1-15(2)25-23-26(24-13-17-10-11-18(27)12-22(17)28)21(14-29-23)20-9-5-7-16-6-3-4-8-19(16)20/h3-15,27-28H,1-2H3. The average molecular weight is 404 g/mol. The molecule has 1 aromatic heterocycles. The van der Waals surface area contributed by atoms with Crippen molar-refractivity contribution in [3.8, 4) is 22.8 Å². The summed E-state index contributed by atoms with van der Waals surface area (Å²) < 4.78 is 1.80. The first kappa shape index (κ1) is 19.0. The minimum Gasteiger partial charge on any atom is -0.508 e. The van der Waals surface area contributed by atoms with Gasteiger partial charge in [-0.05, 0) is 36.8 Å². The maximum absolute atomic E-state index is 10.1. The van der Waals surface area contributed by atoms with E-state index in [4.69, 9.17) is 4.99 Å². The lowest BCUT2D eigenvalue weighted by Gasteiger charge is -2.08. The second kappa shape index (κ2) is 7.93. The van der Waals surface area contributed by atoms with Crippen molar-refractivity contribution in [1.82, 2.24) is 4.68 Å². The van der Waals surface area contributed by atoms with Gasteiger partial charge in [0.15, 0.2) is 0 Å². The molecular weight excluding hydrogens is 382 g/mol. The molecule has 4 rings (SSSR count). The van der Waals surface area contributed by atoms with Crippen LogP contribution in [0.25, 0.3) is 22.0 Å². The van der Waals surface area contributed by atoms with Gasteiger partial charge in [0.25, 0.3) is 0 Å². The van der Waals surface area contributed by atoms with Crippen LogP contribution >= 0.6 is 11.3 Å². The summed E-state index contributed by atoms with van der Waals surface area (Å²) in [5, 5.41) is 28.6. The lowest BCUT2D eigenvalue weighted by atomic mass is 10.0. The van der Waals surface area contributed by atoms with Gasteiger partial charge < -0.3 is 10.2 Å². The van der Waals surface area contributed by atoms with E-state index >= 15 is 0 Å². The minimum atomic E-state index is -0.0290. The van der Waals surface area contributed by atoms with Crippen molar-refractivity contribution in [2.45, 2.75) is 19.9 Å². The van der Waals surface area contributed by atoms with Gasteiger partial charge in [0.2, 0.25) is 4.80 Å². The summed E-state index contributed by atoms with van der Waals surface area (Å²) in [5.74, 6) is -0.0200. The van der Waals surface area contributed by atoms with E-state index in [0.29, 0.717) is 5.56 Å². The first-order valence-corrected chi connectivity index (χ1v) is 10.2. The molecule has 0 aliphatic rings. The molecule has 0 aliphatic carbocycles. The molecule has 0 radical (unpaired) electrons. The molecule has 0 spiro atoms. The second-order valence-electron chi connectivity index (χ2n) is 6.95. The number of nitrogens with zero attached hydrogens (tertiary/aromatic N) is 3. The number of fused-ring (bicyclic) bond motifs is 1. The summed E-state index contributed by atoms with van der Waals surface area (Å²) in [6.45, 7) is 4.05. The first-order chi connectivity index (χ1) is 14.0. The average Bonchev–Trinajstić information content (AvgIpc) is 3.08. The quantitative estimate of drug-likeness (QED) is 0.472. The molecule has 146 valence electrons. The molecule has 0 unspecified atom stereocenters. The molecule has 5 nitrogen and oxygen atoms in total. The van der Waals surface area contributed by atoms with Crippen molar-refractivity contribution in [3.05, 3.63) is 76.4 Å². The number of aromatic hydroxyl groups is 2. The van der Waals surface area contributed by atoms with E-state index in [-0.39, 0.29) is 17.5 Å². The van der Waals surface area contributed by atoms with E-state index in [2.05, 4.69) is 34.7 Å². The number of aromatic nitrogens is 1. The Morgan fingerprint density at radius 2 is 1.79 bits per heavy atom. The van der Waals surface area contributed by atoms with Crippen molar-refractivity contribution < 1.29 is 10.2 Å². The van der Waals surface area contributed by atoms with Gasteiger partial charge in [-0.2, -0.15) is 5.10 Å². The van der Waals surface area contributed by atoms with Gasteiger partial charge >= 0.3 is 0 Å². The monoisotopic (exact) mass is 403 g/mol. The maximum Gasteiger partial charge on any atom is 0.206 e. The molecule has 0 atom stereocenters. The van der Waals surface area contributed by atoms with E-state index in [1.54, 1.807) is 17.0 Å². The fourth-order valence-electron chi connectivity index (χ4n) is 3.12. The number of hydrogen-bond acceptors (Lipinski definition) is 5. The van der Waals surface area contributed by atoms with Gasteiger partial charge in [-0.25, -0.2) is 4.68 Å². The van der Waals surface area contributed by atoms with Gasteiger partial charge in [0.05, 0.1) is 11.9 Å². The molecule has 4 aromatic rings. The molecule has 0 aliphatic heterocycles. The lowest BCUT2D eigenvalue weighted by molar-refractivity contribution is 0.450. The smallest absolute Gasteiger partial charge is 0.206 e. The third-order valence-electron chi connectivity index (χ3n) is 4.45. The summed E-state index contributed by atoms with van der Waals surface area (Å²) in [6, 6.07) is 19.0. The van der Waals surface area contributed by atoms with E-state index in [1.807, 2.05) is 32.0 Å². The minimum absolute atomic E-state index is 0.00905. The van der Waals surface area contributed by atoms with E-state index in [0.717, 1.165) is 26.8 Å². The predicted molar refractivity (Wildman–Crippen MR) is 119 cm³/mol. The highest BCUT2D eigenvalue weighted by Crippen LogP contribution is 2.29. The fraction of sp³-hybridized carbons (Fsp3) is 0.130. The second-order valence-corrected chi connectivity index (χ2v) is 7.79. The molecule has 29 heavy (non-hydrogen) atoms. The number of benzene rings is 3. The van der Waals surface area contributed by atoms with Crippen LogP contribution in [0, 0.1) is 0 Å². The van der Waals surface area contributed by atoms with Crippen molar-refractivity contribution in [3.63, 3.8) is 0 Å². The summed E-state index contributed by atoms with van der Waals surface area (Å²) in [6.07, 6.45) is 1.58. The molecule has 2 N–H and O–H groups in total. The zero-order chi connectivity index (χ0) is 20.4. The molecule has 0 amide bonds. The van der Waals surface area contributed by atoms with Crippen molar-refractivity contribution >= 4 is 28.3 Å². The topological polar surface area (TPSA) is 70.1 Å². The molecule has 0 bridgehead atoms. The Bertz CT molecular complexity index is 1260. The third kappa shape index (κ3) is 3.93. The number of phenolic OH excluding ortho intramolecular Hbond substituents is 2. The van der Waals surface area contributed by atoms with Crippen molar-refractivity contribution in [1.29, 1.82) is 0 Å². The van der Waals surface area contributed by atoms with Crippen molar-refractivity contribution in [2.24, 2.45) is 10.1 Å². The van der Waals surface area contributed by atoms with E-state index < -0.39 is 0 Å². The van der Waals surface area contributed by atoms with Crippen LogP contribution in [-0.2, 0) is 0 Å². The normalized spacial score (nSPS) is 12.4. The van der Waals surface area contributed by atoms with Crippen LogP contribution in [0.3, 0.4) is 0 Å². The van der Waals surface area contributed by atoms with Crippen LogP contribution in [0.4, 0.5) is 0 Å². The molecular formula is C23H21N3O2S. The van der Waals surface area contributed by atoms with Crippen LogP contribution in [0.5, 0.6) is 11.5 Å². The number of thiazole rings is 1. The largest absolute Gasteiger partial charge is 0.508 e. The Labute approximate surface area is 172 Å². The van der Waals surface area contributed by atoms with Gasteiger partial charge in [-0.1, -0.05) is 42.5 Å². The highest BCUT2D eigenvalue weighted by Gasteiger charge is 2.11. The molecule has 0 fully saturated rings. The van der Waals surface area contributed by atoms with Crippen LogP contribution < -0.4 is 4.80 Å². The Kier molecular flexibility index (Phi) is 5.18.